The second-order valence-corrected chi connectivity index (χ2v) is 5.07. The van der Waals surface area contributed by atoms with Gasteiger partial charge in [-0.3, -0.25) is 9.69 Å². The molecule has 1 unspecified atom stereocenters. The van der Waals surface area contributed by atoms with Gasteiger partial charge in [0.2, 0.25) is 0 Å². The summed E-state index contributed by atoms with van der Waals surface area (Å²) >= 11 is 0. The summed E-state index contributed by atoms with van der Waals surface area (Å²) in [6.07, 6.45) is 1.22. The summed E-state index contributed by atoms with van der Waals surface area (Å²) in [6.45, 7) is 10.8. The highest BCUT2D eigenvalue weighted by Gasteiger charge is 2.26. The maximum Gasteiger partial charge on any atom is 0.320 e. The van der Waals surface area contributed by atoms with Crippen LogP contribution in [0, 0.1) is 11.8 Å². The van der Waals surface area contributed by atoms with Crippen LogP contribution in [-0.2, 0) is 9.53 Å². The highest BCUT2D eigenvalue weighted by atomic mass is 16.5. The molecular formula is C12H23NO2. The van der Waals surface area contributed by atoms with Gasteiger partial charge in [0.25, 0.3) is 0 Å². The SMILES string of the molecule is CC(C)OC(=O)CN1CCC(C(C)C)C1. The van der Waals surface area contributed by atoms with Gasteiger partial charge < -0.3 is 4.74 Å². The van der Waals surface area contributed by atoms with Crippen LogP contribution >= 0.6 is 0 Å². The minimum atomic E-state index is -0.0885. The first-order valence-electron chi connectivity index (χ1n) is 5.91. The Kier molecular flexibility index (Phi) is 4.58. The van der Waals surface area contributed by atoms with E-state index < -0.39 is 0 Å². The van der Waals surface area contributed by atoms with E-state index in [0.717, 1.165) is 24.9 Å². The molecular weight excluding hydrogens is 190 g/mol. The minimum absolute atomic E-state index is 0.000925. The van der Waals surface area contributed by atoms with Gasteiger partial charge in [-0.05, 0) is 38.6 Å². The molecule has 1 heterocycles. The van der Waals surface area contributed by atoms with Crippen molar-refractivity contribution in [2.24, 2.45) is 11.8 Å². The molecule has 0 aliphatic carbocycles. The summed E-state index contributed by atoms with van der Waals surface area (Å²) in [5.74, 6) is 1.38. The molecule has 0 amide bonds. The Labute approximate surface area is 92.8 Å². The smallest absolute Gasteiger partial charge is 0.320 e. The van der Waals surface area contributed by atoms with E-state index in [2.05, 4.69) is 18.7 Å². The first kappa shape index (κ1) is 12.5. The maximum atomic E-state index is 11.4. The standard InChI is InChI=1S/C12H23NO2/c1-9(2)11-5-6-13(7-11)8-12(14)15-10(3)4/h9-11H,5-8H2,1-4H3. The largest absolute Gasteiger partial charge is 0.462 e. The monoisotopic (exact) mass is 213 g/mol. The summed E-state index contributed by atoms with van der Waals surface area (Å²) in [7, 11) is 0. The second kappa shape index (κ2) is 5.50. The Hall–Kier alpha value is -0.570. The van der Waals surface area contributed by atoms with Crippen LogP contribution in [0.15, 0.2) is 0 Å². The fourth-order valence-electron chi connectivity index (χ4n) is 2.03. The van der Waals surface area contributed by atoms with Gasteiger partial charge in [-0.2, -0.15) is 0 Å². The topological polar surface area (TPSA) is 29.5 Å². The van der Waals surface area contributed by atoms with Crippen LogP contribution in [0.25, 0.3) is 0 Å². The predicted octanol–water partition coefficient (Wildman–Crippen LogP) is 1.92. The molecule has 0 radical (unpaired) electrons. The Morgan fingerprint density at radius 1 is 1.40 bits per heavy atom. The molecule has 0 saturated carbocycles. The maximum absolute atomic E-state index is 11.4. The molecule has 1 aliphatic rings. The van der Waals surface area contributed by atoms with E-state index in [4.69, 9.17) is 4.74 Å². The molecule has 0 aromatic rings. The van der Waals surface area contributed by atoms with Gasteiger partial charge in [0.15, 0.2) is 0 Å². The number of hydrogen-bond donors (Lipinski definition) is 0. The van der Waals surface area contributed by atoms with E-state index in [9.17, 15) is 4.79 Å². The number of ether oxygens (including phenoxy) is 1. The molecule has 0 N–H and O–H groups in total. The minimum Gasteiger partial charge on any atom is -0.462 e. The van der Waals surface area contributed by atoms with Gasteiger partial charge in [-0.15, -0.1) is 0 Å². The van der Waals surface area contributed by atoms with E-state index in [-0.39, 0.29) is 12.1 Å². The Balaban J connectivity index is 2.27. The summed E-state index contributed by atoms with van der Waals surface area (Å²) < 4.78 is 5.13. The lowest BCUT2D eigenvalue weighted by atomic mass is 9.95. The molecule has 1 saturated heterocycles. The molecule has 0 aromatic heterocycles. The molecule has 1 aliphatic heterocycles. The molecule has 0 bridgehead atoms. The Morgan fingerprint density at radius 3 is 2.53 bits per heavy atom. The van der Waals surface area contributed by atoms with Crippen LogP contribution in [0.3, 0.4) is 0 Å². The second-order valence-electron chi connectivity index (χ2n) is 5.07. The van der Waals surface area contributed by atoms with Crippen LogP contribution in [-0.4, -0.2) is 36.6 Å². The van der Waals surface area contributed by atoms with E-state index in [1.54, 1.807) is 0 Å². The molecule has 1 atom stereocenters. The third kappa shape index (κ3) is 4.20. The van der Waals surface area contributed by atoms with Crippen molar-refractivity contribution in [2.45, 2.75) is 40.2 Å². The fourth-order valence-corrected chi connectivity index (χ4v) is 2.03. The Bertz CT molecular complexity index is 214. The van der Waals surface area contributed by atoms with Crippen molar-refractivity contribution in [3.05, 3.63) is 0 Å². The lowest BCUT2D eigenvalue weighted by Crippen LogP contribution is -2.30. The molecule has 15 heavy (non-hydrogen) atoms. The predicted molar refractivity (Wildman–Crippen MR) is 60.6 cm³/mol. The number of carbonyl (C=O) groups excluding carboxylic acids is 1. The van der Waals surface area contributed by atoms with Crippen molar-refractivity contribution in [1.82, 2.24) is 4.90 Å². The van der Waals surface area contributed by atoms with Crippen molar-refractivity contribution in [3.63, 3.8) is 0 Å². The molecule has 1 fully saturated rings. The zero-order valence-electron chi connectivity index (χ0n) is 10.3. The highest BCUT2D eigenvalue weighted by Crippen LogP contribution is 2.23. The van der Waals surface area contributed by atoms with Crippen LogP contribution in [0.1, 0.15) is 34.1 Å². The van der Waals surface area contributed by atoms with Crippen molar-refractivity contribution < 1.29 is 9.53 Å². The van der Waals surface area contributed by atoms with Gasteiger partial charge in [0.05, 0.1) is 12.6 Å². The summed E-state index contributed by atoms with van der Waals surface area (Å²) in [6, 6.07) is 0. The number of likely N-dealkylation sites (tertiary alicyclic amines) is 1. The third-order valence-corrected chi connectivity index (χ3v) is 2.97. The van der Waals surface area contributed by atoms with Crippen LogP contribution in [0.5, 0.6) is 0 Å². The lowest BCUT2D eigenvalue weighted by molar-refractivity contribution is -0.148. The molecule has 88 valence electrons. The van der Waals surface area contributed by atoms with Crippen molar-refractivity contribution in [2.75, 3.05) is 19.6 Å². The van der Waals surface area contributed by atoms with Crippen LogP contribution < -0.4 is 0 Å². The van der Waals surface area contributed by atoms with E-state index in [1.807, 2.05) is 13.8 Å². The molecule has 1 rings (SSSR count). The Morgan fingerprint density at radius 2 is 2.07 bits per heavy atom. The van der Waals surface area contributed by atoms with Gasteiger partial charge in [-0.1, -0.05) is 13.8 Å². The van der Waals surface area contributed by atoms with Crippen LogP contribution in [0.4, 0.5) is 0 Å². The average Bonchev–Trinajstić information content (AvgIpc) is 2.50. The fraction of sp³-hybridized carbons (Fsp3) is 0.917. The normalized spacial score (nSPS) is 22.7. The quantitative estimate of drug-likeness (QED) is 0.668. The molecule has 0 spiro atoms. The number of carbonyl (C=O) groups is 1. The molecule has 3 heteroatoms. The average molecular weight is 213 g/mol. The number of hydrogen-bond acceptors (Lipinski definition) is 3. The first-order chi connectivity index (χ1) is 6.99. The lowest BCUT2D eigenvalue weighted by Gasteiger charge is -2.17. The van der Waals surface area contributed by atoms with E-state index >= 15 is 0 Å². The van der Waals surface area contributed by atoms with E-state index in [0.29, 0.717) is 6.54 Å². The van der Waals surface area contributed by atoms with Gasteiger partial charge in [0, 0.05) is 6.54 Å². The van der Waals surface area contributed by atoms with E-state index in [1.165, 1.54) is 6.42 Å². The highest BCUT2D eigenvalue weighted by molar-refractivity contribution is 5.71. The van der Waals surface area contributed by atoms with Crippen LogP contribution in [0.2, 0.25) is 0 Å². The zero-order valence-corrected chi connectivity index (χ0v) is 10.3. The third-order valence-electron chi connectivity index (χ3n) is 2.97. The van der Waals surface area contributed by atoms with Crippen molar-refractivity contribution in [1.29, 1.82) is 0 Å². The number of esters is 1. The zero-order chi connectivity index (χ0) is 11.4. The number of nitrogens with zero attached hydrogens (tertiary/aromatic N) is 1. The molecule has 3 nitrogen and oxygen atoms in total. The van der Waals surface area contributed by atoms with Crippen molar-refractivity contribution >= 4 is 5.97 Å². The molecule has 0 aromatic carbocycles. The number of rotatable bonds is 4. The summed E-state index contributed by atoms with van der Waals surface area (Å²) in [4.78, 5) is 13.6. The van der Waals surface area contributed by atoms with Gasteiger partial charge in [0.1, 0.15) is 0 Å². The summed E-state index contributed by atoms with van der Waals surface area (Å²) in [5, 5.41) is 0. The van der Waals surface area contributed by atoms with Gasteiger partial charge in [-0.25, -0.2) is 0 Å². The van der Waals surface area contributed by atoms with Crippen molar-refractivity contribution in [3.8, 4) is 0 Å². The first-order valence-corrected chi connectivity index (χ1v) is 5.91. The summed E-state index contributed by atoms with van der Waals surface area (Å²) in [5.41, 5.74) is 0. The van der Waals surface area contributed by atoms with Gasteiger partial charge >= 0.3 is 5.97 Å².